The monoisotopic (exact) mass is 509 g/mol. The molecule has 0 aromatic heterocycles. The summed E-state index contributed by atoms with van der Waals surface area (Å²) in [6, 6.07) is 14.2. The van der Waals surface area contributed by atoms with Gasteiger partial charge in [-0.2, -0.15) is 21.6 Å². The molecule has 1 amide bonds. The molecule has 3 aromatic rings. The van der Waals surface area contributed by atoms with E-state index in [9.17, 15) is 30.8 Å². The Kier molecular flexibility index (Phi) is 7.84. The van der Waals surface area contributed by atoms with Crippen molar-refractivity contribution in [1.82, 2.24) is 4.90 Å². The zero-order valence-corrected chi connectivity index (χ0v) is 19.7. The lowest BCUT2D eigenvalue weighted by molar-refractivity contribution is -0.137. The van der Waals surface area contributed by atoms with Crippen LogP contribution in [-0.2, 0) is 22.8 Å². The van der Waals surface area contributed by atoms with Crippen LogP contribution < -0.4 is 4.18 Å². The summed E-state index contributed by atoms with van der Waals surface area (Å²) in [4.78, 5) is 13.9. The van der Waals surface area contributed by atoms with Gasteiger partial charge in [0.25, 0.3) is 5.91 Å². The molecule has 35 heavy (non-hydrogen) atoms. The Morgan fingerprint density at radius 1 is 1.00 bits per heavy atom. The maximum absolute atomic E-state index is 13.7. The third-order valence-electron chi connectivity index (χ3n) is 5.42. The highest BCUT2D eigenvalue weighted by molar-refractivity contribution is 7.87. The van der Waals surface area contributed by atoms with Crippen molar-refractivity contribution in [3.63, 3.8) is 0 Å². The molecule has 10 heteroatoms. The fourth-order valence-electron chi connectivity index (χ4n) is 3.33. The van der Waals surface area contributed by atoms with E-state index in [1.165, 1.54) is 35.2 Å². The number of benzene rings is 3. The Bertz CT molecular complexity index is 1310. The number of hydrogen-bond donors (Lipinski definition) is 0. The molecule has 3 aromatic carbocycles. The fraction of sp³-hybridized carbons (Fsp3) is 0.240. The highest BCUT2D eigenvalue weighted by Crippen LogP contribution is 2.32. The average Bonchev–Trinajstić information content (AvgIpc) is 2.82. The first kappa shape index (κ1) is 26.2. The second kappa shape index (κ2) is 10.5. The molecule has 186 valence electrons. The average molecular weight is 510 g/mol. The maximum Gasteiger partial charge on any atom is 0.416 e. The summed E-state index contributed by atoms with van der Waals surface area (Å²) in [6.07, 6.45) is -4.16. The molecule has 0 bridgehead atoms. The van der Waals surface area contributed by atoms with Crippen LogP contribution in [0.15, 0.2) is 77.7 Å². The fourth-order valence-corrected chi connectivity index (χ4v) is 4.34. The quantitative estimate of drug-likeness (QED) is 0.274. The van der Waals surface area contributed by atoms with Gasteiger partial charge in [-0.15, -0.1) is 0 Å². The molecule has 0 aliphatic rings. The molecule has 1 unspecified atom stereocenters. The summed E-state index contributed by atoms with van der Waals surface area (Å²) in [5.74, 6) is -1.17. The van der Waals surface area contributed by atoms with E-state index in [0.717, 1.165) is 24.3 Å². The first-order chi connectivity index (χ1) is 16.4. The van der Waals surface area contributed by atoms with Gasteiger partial charge in [-0.1, -0.05) is 37.3 Å². The summed E-state index contributed by atoms with van der Waals surface area (Å²) < 4.78 is 83.6. The van der Waals surface area contributed by atoms with E-state index in [2.05, 4.69) is 0 Å². The highest BCUT2D eigenvalue weighted by atomic mass is 32.2. The van der Waals surface area contributed by atoms with Crippen molar-refractivity contribution in [1.29, 1.82) is 0 Å². The van der Waals surface area contributed by atoms with Gasteiger partial charge in [-0.05, 0) is 55.8 Å². The summed E-state index contributed by atoms with van der Waals surface area (Å²) in [5.41, 5.74) is -0.688. The van der Waals surface area contributed by atoms with Gasteiger partial charge in [0.15, 0.2) is 0 Å². The Balaban J connectivity index is 1.93. The van der Waals surface area contributed by atoms with Crippen molar-refractivity contribution in [2.75, 3.05) is 0 Å². The smallest absolute Gasteiger partial charge is 0.379 e. The van der Waals surface area contributed by atoms with Crippen LogP contribution in [0, 0.1) is 5.82 Å². The highest BCUT2D eigenvalue weighted by Gasteiger charge is 2.32. The number of carbonyl (C=O) groups is 1. The summed E-state index contributed by atoms with van der Waals surface area (Å²) in [5, 5.41) is 0. The Morgan fingerprint density at radius 2 is 1.69 bits per heavy atom. The normalized spacial score (nSPS) is 12.7. The van der Waals surface area contributed by atoms with Crippen molar-refractivity contribution in [3.8, 4) is 5.75 Å². The van der Waals surface area contributed by atoms with Crippen LogP contribution in [-0.4, -0.2) is 25.3 Å². The number of hydrogen-bond acceptors (Lipinski definition) is 4. The van der Waals surface area contributed by atoms with Crippen LogP contribution in [0.2, 0.25) is 0 Å². The van der Waals surface area contributed by atoms with Crippen molar-refractivity contribution < 1.29 is 35.0 Å². The molecular weight excluding hydrogens is 486 g/mol. The molecule has 3 rings (SSSR count). The zero-order chi connectivity index (χ0) is 25.8. The molecule has 0 saturated carbocycles. The number of nitrogens with zero attached hydrogens (tertiary/aromatic N) is 1. The summed E-state index contributed by atoms with van der Waals surface area (Å²) in [7, 11) is -4.61. The zero-order valence-electron chi connectivity index (χ0n) is 18.9. The summed E-state index contributed by atoms with van der Waals surface area (Å²) >= 11 is 0. The molecule has 1 atom stereocenters. The number of para-hydroxylation sites is 1. The van der Waals surface area contributed by atoms with E-state index in [1.807, 2.05) is 6.92 Å². The molecule has 0 fully saturated rings. The van der Waals surface area contributed by atoms with Crippen molar-refractivity contribution >= 4 is 16.0 Å². The summed E-state index contributed by atoms with van der Waals surface area (Å²) in [6.45, 7) is 3.58. The van der Waals surface area contributed by atoms with Crippen LogP contribution in [0.25, 0.3) is 0 Å². The standard InChI is InChI=1S/C25H23F4NO4S/c1-3-17(2)30(24(31)18-9-6-11-21(26)14-18)16-19-8-4-5-13-23(19)34-35(32,33)22-12-7-10-20(15-22)25(27,28)29/h4-15,17H,3,16H2,1-2H3. The lowest BCUT2D eigenvalue weighted by Gasteiger charge is -2.29. The van der Waals surface area contributed by atoms with Crippen molar-refractivity contribution in [2.24, 2.45) is 0 Å². The maximum atomic E-state index is 13.7. The molecule has 0 spiro atoms. The second-order valence-electron chi connectivity index (χ2n) is 7.87. The molecule has 5 nitrogen and oxygen atoms in total. The third kappa shape index (κ3) is 6.39. The minimum Gasteiger partial charge on any atom is -0.379 e. The van der Waals surface area contributed by atoms with Gasteiger partial charge in [0.1, 0.15) is 16.5 Å². The van der Waals surface area contributed by atoms with Gasteiger partial charge in [0.2, 0.25) is 0 Å². The van der Waals surface area contributed by atoms with Gasteiger partial charge < -0.3 is 9.08 Å². The van der Waals surface area contributed by atoms with Crippen molar-refractivity contribution in [3.05, 3.63) is 95.3 Å². The molecule has 0 radical (unpaired) electrons. The van der Waals surface area contributed by atoms with Gasteiger partial charge in [-0.25, -0.2) is 4.39 Å². The third-order valence-corrected chi connectivity index (χ3v) is 6.65. The van der Waals surface area contributed by atoms with Crippen LogP contribution >= 0.6 is 0 Å². The van der Waals surface area contributed by atoms with Crippen LogP contribution in [0.1, 0.15) is 41.8 Å². The molecule has 0 aliphatic carbocycles. The Hall–Kier alpha value is -3.40. The van der Waals surface area contributed by atoms with Gasteiger partial charge in [-0.3, -0.25) is 4.79 Å². The van der Waals surface area contributed by atoms with E-state index in [4.69, 9.17) is 4.18 Å². The lowest BCUT2D eigenvalue weighted by atomic mass is 10.1. The number of alkyl halides is 3. The van der Waals surface area contributed by atoms with Crippen molar-refractivity contribution in [2.45, 2.75) is 43.9 Å². The predicted octanol–water partition coefficient (Wildman–Crippen LogP) is 6.05. The van der Waals surface area contributed by atoms with E-state index < -0.39 is 38.5 Å². The SMILES string of the molecule is CCC(C)N(Cc1ccccc1OS(=O)(=O)c1cccc(C(F)(F)F)c1)C(=O)c1cccc(F)c1. The largest absolute Gasteiger partial charge is 0.416 e. The number of rotatable bonds is 8. The predicted molar refractivity (Wildman–Crippen MR) is 122 cm³/mol. The molecule has 0 aliphatic heterocycles. The topological polar surface area (TPSA) is 63.7 Å². The Labute approximate surface area is 201 Å². The number of carbonyl (C=O) groups excluding carboxylic acids is 1. The van der Waals surface area contributed by atoms with Crippen LogP contribution in [0.4, 0.5) is 17.6 Å². The number of amides is 1. The minimum atomic E-state index is -4.72. The van der Waals surface area contributed by atoms with E-state index in [-0.39, 0.29) is 23.9 Å². The van der Waals surface area contributed by atoms with Gasteiger partial charge >= 0.3 is 16.3 Å². The van der Waals surface area contributed by atoms with E-state index in [0.29, 0.717) is 18.1 Å². The van der Waals surface area contributed by atoms with Crippen LogP contribution in [0.5, 0.6) is 5.75 Å². The van der Waals surface area contributed by atoms with Gasteiger partial charge in [0, 0.05) is 23.7 Å². The van der Waals surface area contributed by atoms with Gasteiger partial charge in [0.05, 0.1) is 5.56 Å². The molecular formula is C25H23F4NO4S. The molecule has 0 saturated heterocycles. The first-order valence-corrected chi connectivity index (χ1v) is 12.1. The lowest BCUT2D eigenvalue weighted by Crippen LogP contribution is -2.38. The first-order valence-electron chi connectivity index (χ1n) is 10.7. The van der Waals surface area contributed by atoms with E-state index >= 15 is 0 Å². The minimum absolute atomic E-state index is 0.0708. The molecule has 0 N–H and O–H groups in total. The molecule has 0 heterocycles. The second-order valence-corrected chi connectivity index (χ2v) is 9.42. The van der Waals surface area contributed by atoms with E-state index in [1.54, 1.807) is 19.1 Å². The van der Waals surface area contributed by atoms with Crippen LogP contribution in [0.3, 0.4) is 0 Å². The Morgan fingerprint density at radius 3 is 2.34 bits per heavy atom. The number of halogens is 4.